The molecule has 0 saturated carbocycles. The molecule has 0 unspecified atom stereocenters. The molecular formula is C11H14O. The second kappa shape index (κ2) is 3.53. The Bertz CT molecular complexity index is 266. The predicted molar refractivity (Wildman–Crippen MR) is 50.9 cm³/mol. The highest BCUT2D eigenvalue weighted by Crippen LogP contribution is 2.18. The van der Waals surface area contributed by atoms with Crippen LogP contribution in [0, 0.1) is 0 Å². The van der Waals surface area contributed by atoms with Crippen molar-refractivity contribution < 1.29 is 4.79 Å². The van der Waals surface area contributed by atoms with Crippen molar-refractivity contribution in [3.8, 4) is 0 Å². The minimum absolute atomic E-state index is 0.170. The van der Waals surface area contributed by atoms with E-state index >= 15 is 0 Å². The zero-order valence-corrected chi connectivity index (χ0v) is 7.85. The van der Waals surface area contributed by atoms with Crippen LogP contribution in [0.5, 0.6) is 0 Å². The van der Waals surface area contributed by atoms with E-state index in [1.54, 1.807) is 0 Å². The first-order valence-electron chi connectivity index (χ1n) is 4.26. The number of rotatable bonds is 1. The van der Waals surface area contributed by atoms with Gasteiger partial charge in [0.1, 0.15) is 0 Å². The highest BCUT2D eigenvalue weighted by molar-refractivity contribution is 6.09. The van der Waals surface area contributed by atoms with Crippen molar-refractivity contribution in [1.29, 1.82) is 0 Å². The Morgan fingerprint density at radius 1 is 1.25 bits per heavy atom. The summed E-state index contributed by atoms with van der Waals surface area (Å²) in [7, 11) is 0. The Labute approximate surface area is 73.5 Å². The zero-order valence-electron chi connectivity index (χ0n) is 7.85. The predicted octanol–water partition coefficient (Wildman–Crippen LogP) is 2.80. The van der Waals surface area contributed by atoms with Gasteiger partial charge >= 0.3 is 0 Å². The molecule has 0 N–H and O–H groups in total. The number of allylic oxidation sites excluding steroid dienone is 6. The van der Waals surface area contributed by atoms with E-state index in [2.05, 4.69) is 13.0 Å². The summed E-state index contributed by atoms with van der Waals surface area (Å²) >= 11 is 0. The topological polar surface area (TPSA) is 17.1 Å². The Hall–Kier alpha value is -1.11. The highest BCUT2D eigenvalue weighted by atomic mass is 16.1. The first-order valence-corrected chi connectivity index (χ1v) is 4.26. The molecule has 0 fully saturated rings. The summed E-state index contributed by atoms with van der Waals surface area (Å²) in [5, 5.41) is 0. The Morgan fingerprint density at radius 3 is 2.17 bits per heavy atom. The lowest BCUT2D eigenvalue weighted by atomic mass is 9.95. The molecular weight excluding hydrogens is 148 g/mol. The molecule has 12 heavy (non-hydrogen) atoms. The van der Waals surface area contributed by atoms with Gasteiger partial charge in [0.15, 0.2) is 5.78 Å². The first kappa shape index (κ1) is 8.98. The van der Waals surface area contributed by atoms with Crippen LogP contribution in [0.1, 0.15) is 27.2 Å². The molecule has 0 aliphatic heterocycles. The van der Waals surface area contributed by atoms with Crippen molar-refractivity contribution in [3.63, 3.8) is 0 Å². The van der Waals surface area contributed by atoms with E-state index in [0.29, 0.717) is 0 Å². The van der Waals surface area contributed by atoms with E-state index < -0.39 is 0 Å². The van der Waals surface area contributed by atoms with Crippen molar-refractivity contribution in [2.75, 3.05) is 0 Å². The van der Waals surface area contributed by atoms with E-state index in [1.807, 2.05) is 26.0 Å². The summed E-state index contributed by atoms with van der Waals surface area (Å²) < 4.78 is 0. The lowest BCUT2D eigenvalue weighted by Crippen LogP contribution is -2.05. The number of carbonyl (C=O) groups excluding carboxylic acids is 1. The third-order valence-corrected chi connectivity index (χ3v) is 1.92. The number of carbonyl (C=O) groups is 1. The van der Waals surface area contributed by atoms with Gasteiger partial charge in [0.2, 0.25) is 0 Å². The van der Waals surface area contributed by atoms with Crippen molar-refractivity contribution in [2.24, 2.45) is 0 Å². The lowest BCUT2D eigenvalue weighted by Gasteiger charge is -2.08. The number of hydrogen-bond acceptors (Lipinski definition) is 1. The molecule has 0 amide bonds. The van der Waals surface area contributed by atoms with Gasteiger partial charge in [-0.25, -0.2) is 0 Å². The highest BCUT2D eigenvalue weighted by Gasteiger charge is 2.11. The van der Waals surface area contributed by atoms with Gasteiger partial charge in [-0.05, 0) is 49.1 Å². The van der Waals surface area contributed by atoms with Gasteiger partial charge < -0.3 is 0 Å². The molecule has 0 aromatic heterocycles. The fourth-order valence-electron chi connectivity index (χ4n) is 1.34. The molecule has 0 aromatic rings. The fraction of sp³-hybridized carbons (Fsp3) is 0.364. The van der Waals surface area contributed by atoms with Crippen LogP contribution in [-0.2, 0) is 4.79 Å². The van der Waals surface area contributed by atoms with E-state index in [-0.39, 0.29) is 5.78 Å². The van der Waals surface area contributed by atoms with Gasteiger partial charge in [0, 0.05) is 0 Å². The lowest BCUT2D eigenvalue weighted by molar-refractivity contribution is -0.112. The SMILES string of the molecule is CCC=C1C=C(C)C(=O)C(C)=C1. The molecule has 1 aliphatic rings. The van der Waals surface area contributed by atoms with Crippen LogP contribution in [-0.4, -0.2) is 5.78 Å². The molecule has 1 rings (SSSR count). The summed E-state index contributed by atoms with van der Waals surface area (Å²) in [4.78, 5) is 11.3. The van der Waals surface area contributed by atoms with E-state index in [1.165, 1.54) is 0 Å². The van der Waals surface area contributed by atoms with Gasteiger partial charge in [-0.3, -0.25) is 4.79 Å². The minimum atomic E-state index is 0.170. The molecule has 1 nitrogen and oxygen atoms in total. The average molecular weight is 162 g/mol. The van der Waals surface area contributed by atoms with Crippen LogP contribution in [0.2, 0.25) is 0 Å². The smallest absolute Gasteiger partial charge is 0.184 e. The van der Waals surface area contributed by atoms with Gasteiger partial charge in [0.25, 0.3) is 0 Å². The van der Waals surface area contributed by atoms with Crippen LogP contribution >= 0.6 is 0 Å². The van der Waals surface area contributed by atoms with E-state index in [4.69, 9.17) is 0 Å². The maximum atomic E-state index is 11.3. The van der Waals surface area contributed by atoms with E-state index in [0.717, 1.165) is 23.1 Å². The molecule has 1 aliphatic carbocycles. The summed E-state index contributed by atoms with van der Waals surface area (Å²) in [6, 6.07) is 0. The Morgan fingerprint density at radius 2 is 1.75 bits per heavy atom. The van der Waals surface area contributed by atoms with Gasteiger partial charge in [-0.2, -0.15) is 0 Å². The number of hydrogen-bond donors (Lipinski definition) is 0. The minimum Gasteiger partial charge on any atom is -0.289 e. The largest absolute Gasteiger partial charge is 0.289 e. The molecule has 0 radical (unpaired) electrons. The summed E-state index contributed by atoms with van der Waals surface area (Å²) in [5.74, 6) is 0.170. The van der Waals surface area contributed by atoms with Crippen molar-refractivity contribution in [3.05, 3.63) is 34.9 Å². The standard InChI is InChI=1S/C11H14O/c1-4-5-10-6-8(2)11(12)9(3)7-10/h5-7H,4H2,1-3H3. The fourth-order valence-corrected chi connectivity index (χ4v) is 1.34. The maximum Gasteiger partial charge on any atom is 0.184 e. The second-order valence-electron chi connectivity index (χ2n) is 3.10. The Kier molecular flexibility index (Phi) is 2.64. The normalized spacial score (nSPS) is 17.2. The molecule has 64 valence electrons. The van der Waals surface area contributed by atoms with Crippen molar-refractivity contribution in [2.45, 2.75) is 27.2 Å². The van der Waals surface area contributed by atoms with Crippen LogP contribution in [0.15, 0.2) is 34.9 Å². The molecule has 0 heterocycles. The third-order valence-electron chi connectivity index (χ3n) is 1.92. The molecule has 0 saturated heterocycles. The number of ketones is 1. The van der Waals surface area contributed by atoms with Crippen LogP contribution in [0.3, 0.4) is 0 Å². The summed E-state index contributed by atoms with van der Waals surface area (Å²) in [6.45, 7) is 5.82. The first-order chi connectivity index (χ1) is 5.65. The average Bonchev–Trinajstić information content (AvgIpc) is 2.01. The molecule has 0 atom stereocenters. The molecule has 1 heteroatoms. The third kappa shape index (κ3) is 1.73. The molecule has 0 bridgehead atoms. The summed E-state index contributed by atoms with van der Waals surface area (Å²) in [6.07, 6.45) is 7.02. The Balaban J connectivity index is 2.99. The maximum absolute atomic E-state index is 11.3. The monoisotopic (exact) mass is 162 g/mol. The quantitative estimate of drug-likeness (QED) is 0.579. The van der Waals surface area contributed by atoms with Gasteiger partial charge in [0.05, 0.1) is 0 Å². The molecule has 0 aromatic carbocycles. The van der Waals surface area contributed by atoms with Crippen LogP contribution < -0.4 is 0 Å². The molecule has 0 spiro atoms. The van der Waals surface area contributed by atoms with Crippen LogP contribution in [0.25, 0.3) is 0 Å². The summed E-state index contributed by atoms with van der Waals surface area (Å²) in [5.41, 5.74) is 2.84. The van der Waals surface area contributed by atoms with Gasteiger partial charge in [-0.15, -0.1) is 0 Å². The second-order valence-corrected chi connectivity index (χ2v) is 3.10. The van der Waals surface area contributed by atoms with E-state index in [9.17, 15) is 4.79 Å². The van der Waals surface area contributed by atoms with Crippen LogP contribution in [0.4, 0.5) is 0 Å². The van der Waals surface area contributed by atoms with Gasteiger partial charge in [-0.1, -0.05) is 13.0 Å². The zero-order chi connectivity index (χ0) is 9.14. The number of Topliss-reactive ketones (excluding diaryl/α,β-unsaturated/α-hetero) is 1. The van der Waals surface area contributed by atoms with Crippen molar-refractivity contribution in [1.82, 2.24) is 0 Å². The van der Waals surface area contributed by atoms with Crippen molar-refractivity contribution >= 4 is 5.78 Å².